The number of fused-ring (bicyclic) bond motifs is 1. The molecular formula is C19H23NO2. The van der Waals surface area contributed by atoms with Crippen molar-refractivity contribution >= 4 is 16.9 Å². The molecule has 2 aliphatic rings. The van der Waals surface area contributed by atoms with Gasteiger partial charge in [-0.15, -0.1) is 0 Å². The van der Waals surface area contributed by atoms with E-state index in [1.165, 1.54) is 31.2 Å². The van der Waals surface area contributed by atoms with Crippen LogP contribution in [0.2, 0.25) is 0 Å². The fourth-order valence-corrected chi connectivity index (χ4v) is 4.01. The van der Waals surface area contributed by atoms with Crippen molar-refractivity contribution in [1.29, 1.82) is 0 Å². The van der Waals surface area contributed by atoms with E-state index in [0.717, 1.165) is 35.4 Å². The number of likely N-dealkylation sites (tertiary alicyclic amines) is 1. The summed E-state index contributed by atoms with van der Waals surface area (Å²) in [6, 6.07) is 6.70. The quantitative estimate of drug-likeness (QED) is 0.855. The first-order valence-corrected chi connectivity index (χ1v) is 8.48. The van der Waals surface area contributed by atoms with Crippen molar-refractivity contribution in [2.24, 2.45) is 5.92 Å². The Labute approximate surface area is 131 Å². The summed E-state index contributed by atoms with van der Waals surface area (Å²) in [5.41, 5.74) is 3.10. The summed E-state index contributed by atoms with van der Waals surface area (Å²) in [6.07, 6.45) is 8.55. The molecule has 1 saturated carbocycles. The number of hydrogen-bond acceptors (Lipinski definition) is 2. The van der Waals surface area contributed by atoms with Gasteiger partial charge in [-0.25, -0.2) is 0 Å². The lowest BCUT2D eigenvalue weighted by Gasteiger charge is -2.37. The van der Waals surface area contributed by atoms with Crippen LogP contribution in [0.1, 0.15) is 43.2 Å². The number of carbonyl (C=O) groups excluding carboxylic acids is 1. The molecule has 1 atom stereocenters. The Morgan fingerprint density at radius 3 is 2.91 bits per heavy atom. The minimum Gasteiger partial charge on any atom is -0.464 e. The van der Waals surface area contributed by atoms with Crippen molar-refractivity contribution in [1.82, 2.24) is 4.90 Å². The van der Waals surface area contributed by atoms with E-state index in [-0.39, 0.29) is 5.91 Å². The number of furan rings is 1. The third-order valence-corrected chi connectivity index (χ3v) is 5.47. The van der Waals surface area contributed by atoms with Crippen LogP contribution in [0.15, 0.2) is 28.9 Å². The number of carbonyl (C=O) groups is 1. The summed E-state index contributed by atoms with van der Waals surface area (Å²) in [5, 5.41) is 1.08. The van der Waals surface area contributed by atoms with Gasteiger partial charge in [-0.05, 0) is 50.2 Å². The molecule has 1 aromatic heterocycles. The van der Waals surface area contributed by atoms with Gasteiger partial charge in [0.1, 0.15) is 5.58 Å². The number of nitrogens with zero attached hydrogens (tertiary/aromatic N) is 1. The Bertz CT molecular complexity index is 699. The zero-order valence-electron chi connectivity index (χ0n) is 13.2. The Hall–Kier alpha value is -1.77. The molecule has 2 aromatic rings. The van der Waals surface area contributed by atoms with Crippen molar-refractivity contribution < 1.29 is 9.21 Å². The van der Waals surface area contributed by atoms with Crippen molar-refractivity contribution in [2.45, 2.75) is 51.5 Å². The van der Waals surface area contributed by atoms with E-state index in [4.69, 9.17) is 4.42 Å². The Kier molecular flexibility index (Phi) is 3.44. The first-order chi connectivity index (χ1) is 10.7. The van der Waals surface area contributed by atoms with Crippen LogP contribution >= 0.6 is 0 Å². The fourth-order valence-electron chi connectivity index (χ4n) is 4.01. The number of aryl methyl sites for hydroxylation is 1. The molecule has 2 heterocycles. The SMILES string of the molecule is Cc1ccc2c(CC(=O)N3CCCC3C3CCC3)coc2c1. The second kappa shape index (κ2) is 5.45. The molecule has 1 aliphatic carbocycles. The highest BCUT2D eigenvalue weighted by atomic mass is 16.3. The summed E-state index contributed by atoms with van der Waals surface area (Å²) in [6.45, 7) is 3.00. The maximum absolute atomic E-state index is 12.8. The normalized spacial score (nSPS) is 22.2. The lowest BCUT2D eigenvalue weighted by Crippen LogP contribution is -2.43. The number of hydrogen-bond donors (Lipinski definition) is 0. The first-order valence-electron chi connectivity index (χ1n) is 8.48. The van der Waals surface area contributed by atoms with E-state index in [2.05, 4.69) is 24.0 Å². The third kappa shape index (κ3) is 2.33. The highest BCUT2D eigenvalue weighted by molar-refractivity contribution is 5.88. The summed E-state index contributed by atoms with van der Waals surface area (Å²) in [7, 11) is 0. The lowest BCUT2D eigenvalue weighted by molar-refractivity contribution is -0.132. The fraction of sp³-hybridized carbons (Fsp3) is 0.526. The molecule has 1 unspecified atom stereocenters. The minimum atomic E-state index is 0.276. The Morgan fingerprint density at radius 1 is 1.27 bits per heavy atom. The average molecular weight is 297 g/mol. The van der Waals surface area contributed by atoms with Crippen LogP contribution in [-0.2, 0) is 11.2 Å². The number of rotatable bonds is 3. The van der Waals surface area contributed by atoms with Crippen LogP contribution < -0.4 is 0 Å². The van der Waals surface area contributed by atoms with E-state index < -0.39 is 0 Å². The van der Waals surface area contributed by atoms with Gasteiger partial charge in [-0.2, -0.15) is 0 Å². The third-order valence-electron chi connectivity index (χ3n) is 5.47. The Morgan fingerprint density at radius 2 is 2.14 bits per heavy atom. The maximum Gasteiger partial charge on any atom is 0.227 e. The van der Waals surface area contributed by atoms with Crippen LogP contribution in [0, 0.1) is 12.8 Å². The second-order valence-electron chi connectivity index (χ2n) is 6.93. The van der Waals surface area contributed by atoms with Crippen molar-refractivity contribution in [3.05, 3.63) is 35.6 Å². The monoisotopic (exact) mass is 297 g/mol. The molecule has 116 valence electrons. The summed E-state index contributed by atoms with van der Waals surface area (Å²) < 4.78 is 5.63. The lowest BCUT2D eigenvalue weighted by atomic mass is 9.78. The van der Waals surface area contributed by atoms with Crippen LogP contribution in [0.4, 0.5) is 0 Å². The average Bonchev–Trinajstić information content (AvgIpc) is 3.04. The number of benzene rings is 1. The first kappa shape index (κ1) is 13.9. The second-order valence-corrected chi connectivity index (χ2v) is 6.93. The summed E-state index contributed by atoms with van der Waals surface area (Å²) in [5.74, 6) is 1.04. The molecule has 3 heteroatoms. The van der Waals surface area contributed by atoms with Crippen LogP contribution in [0.25, 0.3) is 11.0 Å². The van der Waals surface area contributed by atoms with Crippen molar-refractivity contribution in [3.8, 4) is 0 Å². The topological polar surface area (TPSA) is 33.5 Å². The zero-order chi connectivity index (χ0) is 15.1. The summed E-state index contributed by atoms with van der Waals surface area (Å²) >= 11 is 0. The van der Waals surface area contributed by atoms with E-state index in [1.807, 2.05) is 6.07 Å². The van der Waals surface area contributed by atoms with E-state index in [0.29, 0.717) is 12.5 Å². The van der Waals surface area contributed by atoms with Gasteiger partial charge >= 0.3 is 0 Å². The van der Waals surface area contributed by atoms with Gasteiger partial charge in [0, 0.05) is 23.5 Å². The molecule has 0 radical (unpaired) electrons. The van der Waals surface area contributed by atoms with Gasteiger partial charge in [0.05, 0.1) is 12.7 Å². The zero-order valence-corrected chi connectivity index (χ0v) is 13.2. The standard InChI is InChI=1S/C19H23NO2/c1-13-7-8-16-15(12-22-18(16)10-13)11-19(21)20-9-3-6-17(20)14-4-2-5-14/h7-8,10,12,14,17H,2-6,9,11H2,1H3. The molecule has 1 aliphatic heterocycles. The molecule has 1 aromatic carbocycles. The van der Waals surface area contributed by atoms with Gasteiger partial charge in [-0.1, -0.05) is 18.6 Å². The maximum atomic E-state index is 12.8. The highest BCUT2D eigenvalue weighted by Crippen LogP contribution is 2.37. The predicted molar refractivity (Wildman–Crippen MR) is 86.7 cm³/mol. The molecule has 0 spiro atoms. The molecule has 0 N–H and O–H groups in total. The molecule has 0 bridgehead atoms. The molecule has 1 saturated heterocycles. The molecule has 1 amide bonds. The Balaban J connectivity index is 1.53. The van der Waals surface area contributed by atoms with Crippen molar-refractivity contribution in [3.63, 3.8) is 0 Å². The summed E-state index contributed by atoms with van der Waals surface area (Å²) in [4.78, 5) is 14.9. The predicted octanol–water partition coefficient (Wildman–Crippen LogP) is 4.07. The minimum absolute atomic E-state index is 0.276. The van der Waals surface area contributed by atoms with Gasteiger partial charge in [-0.3, -0.25) is 4.79 Å². The molecule has 3 nitrogen and oxygen atoms in total. The molecule has 2 fully saturated rings. The number of amides is 1. The molecule has 4 rings (SSSR count). The molecular weight excluding hydrogens is 274 g/mol. The van der Waals surface area contributed by atoms with Gasteiger partial charge < -0.3 is 9.32 Å². The van der Waals surface area contributed by atoms with Crippen LogP contribution in [0.3, 0.4) is 0 Å². The highest BCUT2D eigenvalue weighted by Gasteiger charge is 2.37. The van der Waals surface area contributed by atoms with E-state index >= 15 is 0 Å². The van der Waals surface area contributed by atoms with Crippen LogP contribution in [0.5, 0.6) is 0 Å². The van der Waals surface area contributed by atoms with E-state index in [1.54, 1.807) is 6.26 Å². The van der Waals surface area contributed by atoms with Gasteiger partial charge in [0.2, 0.25) is 5.91 Å². The smallest absolute Gasteiger partial charge is 0.227 e. The largest absolute Gasteiger partial charge is 0.464 e. The van der Waals surface area contributed by atoms with Crippen molar-refractivity contribution in [2.75, 3.05) is 6.54 Å². The van der Waals surface area contributed by atoms with Gasteiger partial charge in [0.15, 0.2) is 0 Å². The van der Waals surface area contributed by atoms with Crippen LogP contribution in [-0.4, -0.2) is 23.4 Å². The molecule has 22 heavy (non-hydrogen) atoms. The van der Waals surface area contributed by atoms with E-state index in [9.17, 15) is 4.79 Å². The van der Waals surface area contributed by atoms with Gasteiger partial charge in [0.25, 0.3) is 0 Å².